The maximum absolute atomic E-state index is 13.6. The highest BCUT2D eigenvalue weighted by molar-refractivity contribution is 6.03. The molecule has 2 aromatic carbocycles. The molecule has 0 saturated heterocycles. The van der Waals surface area contributed by atoms with Crippen LogP contribution >= 0.6 is 0 Å². The summed E-state index contributed by atoms with van der Waals surface area (Å²) in [6.45, 7) is 6.14. The first-order valence-corrected chi connectivity index (χ1v) is 13.0. The number of aryl methyl sites for hydroxylation is 1. The number of benzene rings is 2. The van der Waals surface area contributed by atoms with Crippen LogP contribution in [0.5, 0.6) is 5.88 Å². The molecule has 0 atom stereocenters. The van der Waals surface area contributed by atoms with Crippen LogP contribution in [0.4, 0.5) is 4.39 Å². The van der Waals surface area contributed by atoms with Gasteiger partial charge >= 0.3 is 5.97 Å². The fraction of sp³-hybridized carbons (Fsp3) is 0.267. The standard InChI is InChI=1S/C30H29FN4O4/c1-4-19(5-2)27-26-23(30(36)37)17-25(33-28(26)35(34-27)22-13-11-21(31)12-14-22)38-16-15-24-18(3)39-29(32-24)20-9-7-6-8-10-20/h6-14,17,19H,4-5,15-16H2,1-3H3,(H,36,37). The fourth-order valence-electron chi connectivity index (χ4n) is 4.70. The predicted octanol–water partition coefficient (Wildman–Crippen LogP) is 6.75. The van der Waals surface area contributed by atoms with E-state index in [2.05, 4.69) is 9.97 Å². The number of rotatable bonds is 10. The van der Waals surface area contributed by atoms with Gasteiger partial charge < -0.3 is 14.3 Å². The second kappa shape index (κ2) is 11.1. The van der Waals surface area contributed by atoms with E-state index in [1.54, 1.807) is 16.8 Å². The van der Waals surface area contributed by atoms with E-state index in [-0.39, 0.29) is 29.8 Å². The van der Waals surface area contributed by atoms with Crippen molar-refractivity contribution >= 4 is 17.0 Å². The lowest BCUT2D eigenvalue weighted by atomic mass is 9.95. The Morgan fingerprint density at radius 1 is 1.08 bits per heavy atom. The van der Waals surface area contributed by atoms with Gasteiger partial charge in [0.15, 0.2) is 5.65 Å². The molecule has 0 aliphatic rings. The molecule has 3 heterocycles. The van der Waals surface area contributed by atoms with Gasteiger partial charge in [0, 0.05) is 24.0 Å². The third kappa shape index (κ3) is 5.25. The highest BCUT2D eigenvalue weighted by atomic mass is 19.1. The number of hydrogen-bond donors (Lipinski definition) is 1. The third-order valence-corrected chi connectivity index (χ3v) is 6.82. The van der Waals surface area contributed by atoms with Crippen LogP contribution in [0.3, 0.4) is 0 Å². The van der Waals surface area contributed by atoms with Gasteiger partial charge in [-0.1, -0.05) is 32.0 Å². The van der Waals surface area contributed by atoms with Gasteiger partial charge in [0.05, 0.1) is 34.6 Å². The van der Waals surface area contributed by atoms with Crippen LogP contribution < -0.4 is 4.74 Å². The van der Waals surface area contributed by atoms with Gasteiger partial charge in [0.25, 0.3) is 0 Å². The summed E-state index contributed by atoms with van der Waals surface area (Å²) in [5.41, 5.74) is 3.28. The molecule has 0 fully saturated rings. The molecule has 3 aromatic heterocycles. The summed E-state index contributed by atoms with van der Waals surface area (Å²) in [5, 5.41) is 15.4. The van der Waals surface area contributed by atoms with Crippen LogP contribution in [0.15, 0.2) is 65.1 Å². The lowest BCUT2D eigenvalue weighted by Gasteiger charge is -2.11. The maximum Gasteiger partial charge on any atom is 0.336 e. The predicted molar refractivity (Wildman–Crippen MR) is 145 cm³/mol. The number of nitrogens with zero attached hydrogens (tertiary/aromatic N) is 4. The van der Waals surface area contributed by atoms with Gasteiger partial charge in [-0.2, -0.15) is 10.1 Å². The molecule has 0 unspecified atom stereocenters. The summed E-state index contributed by atoms with van der Waals surface area (Å²) in [6.07, 6.45) is 2.01. The number of halogens is 1. The maximum atomic E-state index is 13.6. The van der Waals surface area contributed by atoms with Crippen molar-refractivity contribution in [1.29, 1.82) is 0 Å². The van der Waals surface area contributed by atoms with E-state index in [1.807, 2.05) is 51.1 Å². The second-order valence-electron chi connectivity index (χ2n) is 9.29. The van der Waals surface area contributed by atoms with E-state index in [1.165, 1.54) is 18.2 Å². The Bertz CT molecular complexity index is 1610. The van der Waals surface area contributed by atoms with Crippen molar-refractivity contribution in [2.24, 2.45) is 0 Å². The summed E-state index contributed by atoms with van der Waals surface area (Å²) < 4.78 is 27.0. The quantitative estimate of drug-likeness (QED) is 0.214. The number of aromatic nitrogens is 4. The normalized spacial score (nSPS) is 11.4. The van der Waals surface area contributed by atoms with Crippen LogP contribution in [0.25, 0.3) is 28.2 Å². The Labute approximate surface area is 225 Å². The lowest BCUT2D eigenvalue weighted by molar-refractivity contribution is 0.0698. The van der Waals surface area contributed by atoms with E-state index in [0.29, 0.717) is 40.5 Å². The first kappa shape index (κ1) is 26.1. The number of ether oxygens (including phenoxy) is 1. The topological polar surface area (TPSA) is 103 Å². The van der Waals surface area contributed by atoms with Crippen molar-refractivity contribution < 1.29 is 23.4 Å². The first-order valence-electron chi connectivity index (χ1n) is 13.0. The van der Waals surface area contributed by atoms with Crippen molar-refractivity contribution in [2.45, 2.75) is 46.0 Å². The molecule has 1 N–H and O–H groups in total. The zero-order valence-electron chi connectivity index (χ0n) is 22.0. The number of carboxylic acids is 1. The van der Waals surface area contributed by atoms with Crippen molar-refractivity contribution in [1.82, 2.24) is 19.7 Å². The summed E-state index contributed by atoms with van der Waals surface area (Å²) in [6, 6.07) is 16.9. The molecule has 200 valence electrons. The Morgan fingerprint density at radius 3 is 2.46 bits per heavy atom. The average molecular weight is 529 g/mol. The third-order valence-electron chi connectivity index (χ3n) is 6.82. The van der Waals surface area contributed by atoms with Gasteiger partial charge in [0.1, 0.15) is 11.6 Å². The Morgan fingerprint density at radius 2 is 1.79 bits per heavy atom. The minimum absolute atomic E-state index is 0.0369. The molecule has 8 nitrogen and oxygen atoms in total. The van der Waals surface area contributed by atoms with Gasteiger partial charge in [-0.15, -0.1) is 0 Å². The number of carbonyl (C=O) groups is 1. The van der Waals surface area contributed by atoms with Crippen LogP contribution in [-0.4, -0.2) is 37.4 Å². The van der Waals surface area contributed by atoms with E-state index in [4.69, 9.17) is 14.3 Å². The summed E-state index contributed by atoms with van der Waals surface area (Å²) in [7, 11) is 0. The van der Waals surface area contributed by atoms with E-state index in [0.717, 1.165) is 24.1 Å². The van der Waals surface area contributed by atoms with Gasteiger partial charge in [0.2, 0.25) is 11.8 Å². The highest BCUT2D eigenvalue weighted by Gasteiger charge is 2.26. The zero-order valence-corrected chi connectivity index (χ0v) is 22.0. The molecule has 5 aromatic rings. The lowest BCUT2D eigenvalue weighted by Crippen LogP contribution is -2.07. The van der Waals surface area contributed by atoms with E-state index >= 15 is 0 Å². The van der Waals surface area contributed by atoms with Crippen molar-refractivity contribution in [3.63, 3.8) is 0 Å². The first-order chi connectivity index (χ1) is 18.9. The number of oxazole rings is 1. The van der Waals surface area contributed by atoms with E-state index in [9.17, 15) is 14.3 Å². The van der Waals surface area contributed by atoms with Crippen LogP contribution in [0.2, 0.25) is 0 Å². The van der Waals surface area contributed by atoms with E-state index < -0.39 is 5.97 Å². The molecule has 0 amide bonds. The SMILES string of the molecule is CCC(CC)c1nn(-c2ccc(F)cc2)c2nc(OCCc3nc(-c4ccccc4)oc3C)cc(C(=O)O)c12. The molecule has 0 bridgehead atoms. The molecule has 0 radical (unpaired) electrons. The Kier molecular flexibility index (Phi) is 7.40. The smallest absolute Gasteiger partial charge is 0.336 e. The summed E-state index contributed by atoms with van der Waals surface area (Å²) in [4.78, 5) is 21.7. The minimum Gasteiger partial charge on any atom is -0.478 e. The highest BCUT2D eigenvalue weighted by Crippen LogP contribution is 2.34. The molecule has 0 aliphatic heterocycles. The number of hydrogen-bond acceptors (Lipinski definition) is 6. The number of carboxylic acid groups (broad SMARTS) is 1. The minimum atomic E-state index is -1.10. The number of pyridine rings is 1. The van der Waals surface area contributed by atoms with Crippen LogP contribution in [-0.2, 0) is 6.42 Å². The van der Waals surface area contributed by atoms with Gasteiger partial charge in [-0.25, -0.2) is 18.9 Å². The fourth-order valence-corrected chi connectivity index (χ4v) is 4.70. The summed E-state index contributed by atoms with van der Waals surface area (Å²) in [5.74, 6) is -0.0575. The largest absolute Gasteiger partial charge is 0.478 e. The molecule has 0 saturated carbocycles. The molecule has 0 spiro atoms. The second-order valence-corrected chi connectivity index (χ2v) is 9.29. The Hall–Kier alpha value is -4.53. The zero-order chi connectivity index (χ0) is 27.5. The van der Waals surface area contributed by atoms with Crippen molar-refractivity contribution in [2.75, 3.05) is 6.61 Å². The van der Waals surface area contributed by atoms with Crippen molar-refractivity contribution in [3.05, 3.63) is 89.2 Å². The molecular weight excluding hydrogens is 499 g/mol. The molecule has 9 heteroatoms. The van der Waals surface area contributed by atoms with Crippen molar-refractivity contribution in [3.8, 4) is 23.0 Å². The van der Waals surface area contributed by atoms with Crippen LogP contribution in [0, 0.1) is 12.7 Å². The molecular formula is C30H29FN4O4. The Balaban J connectivity index is 1.50. The number of fused-ring (bicyclic) bond motifs is 1. The molecule has 0 aliphatic carbocycles. The molecule has 5 rings (SSSR count). The van der Waals surface area contributed by atoms with Gasteiger partial charge in [-0.3, -0.25) is 0 Å². The van der Waals surface area contributed by atoms with Crippen LogP contribution in [0.1, 0.15) is 60.1 Å². The average Bonchev–Trinajstić information content (AvgIpc) is 3.51. The monoisotopic (exact) mass is 528 g/mol. The van der Waals surface area contributed by atoms with Gasteiger partial charge in [-0.05, 0) is 56.2 Å². The number of aromatic carboxylic acids is 1. The summed E-state index contributed by atoms with van der Waals surface area (Å²) >= 11 is 0. The molecule has 39 heavy (non-hydrogen) atoms.